The van der Waals surface area contributed by atoms with Crippen LogP contribution >= 0.6 is 0 Å². The Balaban J connectivity index is 2.97. The van der Waals surface area contributed by atoms with E-state index >= 15 is 0 Å². The normalized spacial score (nSPS) is 12.5. The SMILES string of the molecule is CCCC(OCC)c1ncc(C(C)=O)c(C)n1. The van der Waals surface area contributed by atoms with Crippen LogP contribution in [0.25, 0.3) is 0 Å². The molecule has 0 aromatic carbocycles. The number of ketones is 1. The van der Waals surface area contributed by atoms with Gasteiger partial charge in [-0.15, -0.1) is 0 Å². The number of aryl methyl sites for hydroxylation is 1. The van der Waals surface area contributed by atoms with Gasteiger partial charge in [-0.2, -0.15) is 0 Å². The topological polar surface area (TPSA) is 52.1 Å². The number of carbonyl (C=O) groups is 1. The predicted octanol–water partition coefficient (Wildman–Crippen LogP) is 2.87. The zero-order valence-corrected chi connectivity index (χ0v) is 11.0. The summed E-state index contributed by atoms with van der Waals surface area (Å²) in [6.45, 7) is 8.05. The van der Waals surface area contributed by atoms with E-state index in [0.717, 1.165) is 18.5 Å². The van der Waals surface area contributed by atoms with E-state index in [4.69, 9.17) is 4.74 Å². The van der Waals surface area contributed by atoms with E-state index in [-0.39, 0.29) is 11.9 Å². The Kier molecular flexibility index (Phi) is 5.22. The molecule has 94 valence electrons. The summed E-state index contributed by atoms with van der Waals surface area (Å²) in [5, 5.41) is 0. The molecule has 0 saturated heterocycles. The number of nitrogens with zero attached hydrogens (tertiary/aromatic N) is 2. The van der Waals surface area contributed by atoms with Crippen LogP contribution in [0.1, 0.15) is 61.6 Å². The summed E-state index contributed by atoms with van der Waals surface area (Å²) in [4.78, 5) is 19.9. The van der Waals surface area contributed by atoms with Crippen molar-refractivity contribution in [2.45, 2.75) is 46.6 Å². The zero-order chi connectivity index (χ0) is 12.8. The fraction of sp³-hybridized carbons (Fsp3) is 0.615. The number of hydrogen-bond donors (Lipinski definition) is 0. The Labute approximate surface area is 102 Å². The highest BCUT2D eigenvalue weighted by Crippen LogP contribution is 2.20. The molecule has 1 atom stereocenters. The van der Waals surface area contributed by atoms with Gasteiger partial charge >= 0.3 is 0 Å². The van der Waals surface area contributed by atoms with E-state index < -0.39 is 0 Å². The van der Waals surface area contributed by atoms with E-state index in [1.807, 2.05) is 13.8 Å². The third-order valence-electron chi connectivity index (χ3n) is 2.58. The molecule has 0 spiro atoms. The molecule has 1 aromatic rings. The van der Waals surface area contributed by atoms with Crippen molar-refractivity contribution < 1.29 is 9.53 Å². The predicted molar refractivity (Wildman–Crippen MR) is 66.0 cm³/mol. The van der Waals surface area contributed by atoms with Gasteiger partial charge in [0, 0.05) is 12.8 Å². The lowest BCUT2D eigenvalue weighted by Crippen LogP contribution is -2.11. The summed E-state index contributed by atoms with van der Waals surface area (Å²) in [5.74, 6) is 0.675. The van der Waals surface area contributed by atoms with Gasteiger partial charge < -0.3 is 4.74 Å². The Morgan fingerprint density at radius 3 is 2.65 bits per heavy atom. The summed E-state index contributed by atoms with van der Waals surface area (Å²) < 4.78 is 5.61. The Bertz CT molecular complexity index is 385. The second-order valence-corrected chi connectivity index (χ2v) is 4.02. The smallest absolute Gasteiger partial charge is 0.163 e. The van der Waals surface area contributed by atoms with Crippen molar-refractivity contribution in [3.8, 4) is 0 Å². The summed E-state index contributed by atoms with van der Waals surface area (Å²) in [5.41, 5.74) is 1.31. The Hall–Kier alpha value is -1.29. The fourth-order valence-electron chi connectivity index (χ4n) is 1.74. The molecule has 0 N–H and O–H groups in total. The summed E-state index contributed by atoms with van der Waals surface area (Å²) >= 11 is 0. The first kappa shape index (κ1) is 13.8. The molecule has 0 fully saturated rings. The average molecular weight is 236 g/mol. The largest absolute Gasteiger partial charge is 0.371 e. The lowest BCUT2D eigenvalue weighted by molar-refractivity contribution is 0.0492. The van der Waals surface area contributed by atoms with Gasteiger partial charge in [0.15, 0.2) is 11.6 Å². The van der Waals surface area contributed by atoms with E-state index in [2.05, 4.69) is 16.9 Å². The molecule has 0 aliphatic carbocycles. The molecule has 0 radical (unpaired) electrons. The molecular weight excluding hydrogens is 216 g/mol. The second kappa shape index (κ2) is 6.45. The number of ether oxygens (including phenoxy) is 1. The van der Waals surface area contributed by atoms with Crippen molar-refractivity contribution in [1.29, 1.82) is 0 Å². The van der Waals surface area contributed by atoms with E-state index in [0.29, 0.717) is 18.0 Å². The number of hydrogen-bond acceptors (Lipinski definition) is 4. The lowest BCUT2D eigenvalue weighted by atomic mass is 10.1. The highest BCUT2D eigenvalue weighted by atomic mass is 16.5. The molecule has 17 heavy (non-hydrogen) atoms. The van der Waals surface area contributed by atoms with Crippen LogP contribution < -0.4 is 0 Å². The van der Waals surface area contributed by atoms with Crippen molar-refractivity contribution >= 4 is 5.78 Å². The van der Waals surface area contributed by atoms with Crippen LogP contribution in [0, 0.1) is 6.92 Å². The molecule has 0 aliphatic rings. The first-order chi connectivity index (χ1) is 8.10. The van der Waals surface area contributed by atoms with Gasteiger partial charge in [0.2, 0.25) is 0 Å². The molecule has 1 heterocycles. The minimum absolute atomic E-state index is 0.00231. The van der Waals surface area contributed by atoms with Gasteiger partial charge in [0.25, 0.3) is 0 Å². The van der Waals surface area contributed by atoms with Crippen molar-refractivity contribution in [3.05, 3.63) is 23.3 Å². The number of rotatable bonds is 6. The Morgan fingerprint density at radius 1 is 1.47 bits per heavy atom. The summed E-state index contributed by atoms with van der Waals surface area (Å²) in [6, 6.07) is 0. The Morgan fingerprint density at radius 2 is 2.18 bits per heavy atom. The minimum Gasteiger partial charge on any atom is -0.371 e. The molecular formula is C13H20N2O2. The maximum atomic E-state index is 11.3. The molecule has 1 unspecified atom stereocenters. The fourth-order valence-corrected chi connectivity index (χ4v) is 1.74. The van der Waals surface area contributed by atoms with Crippen molar-refractivity contribution in [3.63, 3.8) is 0 Å². The first-order valence-corrected chi connectivity index (χ1v) is 6.06. The van der Waals surface area contributed by atoms with Gasteiger partial charge in [-0.1, -0.05) is 13.3 Å². The van der Waals surface area contributed by atoms with Gasteiger partial charge in [-0.05, 0) is 27.2 Å². The van der Waals surface area contributed by atoms with Crippen LogP contribution in [0.15, 0.2) is 6.20 Å². The third-order valence-corrected chi connectivity index (χ3v) is 2.58. The van der Waals surface area contributed by atoms with Crippen LogP contribution in [-0.2, 0) is 4.74 Å². The molecule has 0 bridgehead atoms. The quantitative estimate of drug-likeness (QED) is 0.713. The molecule has 4 heteroatoms. The number of Topliss-reactive ketones (excluding diaryl/α,β-unsaturated/α-hetero) is 1. The van der Waals surface area contributed by atoms with E-state index in [1.54, 1.807) is 6.20 Å². The minimum atomic E-state index is -0.0651. The summed E-state index contributed by atoms with van der Waals surface area (Å²) in [6.07, 6.45) is 3.44. The van der Waals surface area contributed by atoms with Crippen LogP contribution in [-0.4, -0.2) is 22.4 Å². The van der Waals surface area contributed by atoms with E-state index in [1.165, 1.54) is 6.92 Å². The van der Waals surface area contributed by atoms with Gasteiger partial charge in [0.1, 0.15) is 6.10 Å². The van der Waals surface area contributed by atoms with E-state index in [9.17, 15) is 4.79 Å². The molecule has 0 saturated carbocycles. The molecule has 0 aliphatic heterocycles. The molecule has 4 nitrogen and oxygen atoms in total. The summed E-state index contributed by atoms with van der Waals surface area (Å²) in [7, 11) is 0. The molecule has 0 amide bonds. The van der Waals surface area contributed by atoms with Gasteiger partial charge in [-0.3, -0.25) is 4.79 Å². The van der Waals surface area contributed by atoms with Crippen molar-refractivity contribution in [2.24, 2.45) is 0 Å². The first-order valence-electron chi connectivity index (χ1n) is 6.06. The zero-order valence-electron chi connectivity index (χ0n) is 11.0. The average Bonchev–Trinajstić information content (AvgIpc) is 2.28. The monoisotopic (exact) mass is 236 g/mol. The second-order valence-electron chi connectivity index (χ2n) is 4.02. The van der Waals surface area contributed by atoms with Crippen LogP contribution in [0.4, 0.5) is 0 Å². The number of aromatic nitrogens is 2. The van der Waals surface area contributed by atoms with Crippen LogP contribution in [0.3, 0.4) is 0 Å². The van der Waals surface area contributed by atoms with Crippen LogP contribution in [0.5, 0.6) is 0 Å². The lowest BCUT2D eigenvalue weighted by Gasteiger charge is -2.15. The molecule has 1 rings (SSSR count). The third kappa shape index (κ3) is 3.60. The van der Waals surface area contributed by atoms with Gasteiger partial charge in [-0.25, -0.2) is 9.97 Å². The maximum absolute atomic E-state index is 11.3. The maximum Gasteiger partial charge on any atom is 0.163 e. The number of carbonyl (C=O) groups excluding carboxylic acids is 1. The standard InChI is InChI=1S/C13H20N2O2/c1-5-7-12(17-6-2)13-14-8-11(10(4)16)9(3)15-13/h8,12H,5-7H2,1-4H3. The van der Waals surface area contributed by atoms with Crippen molar-refractivity contribution in [2.75, 3.05) is 6.61 Å². The van der Waals surface area contributed by atoms with Crippen molar-refractivity contribution in [1.82, 2.24) is 9.97 Å². The highest BCUT2D eigenvalue weighted by molar-refractivity contribution is 5.94. The van der Waals surface area contributed by atoms with Crippen LogP contribution in [0.2, 0.25) is 0 Å². The molecule has 1 aromatic heterocycles. The van der Waals surface area contributed by atoms with Gasteiger partial charge in [0.05, 0.1) is 11.3 Å². The highest BCUT2D eigenvalue weighted by Gasteiger charge is 2.16.